The molecule has 20 heavy (non-hydrogen) atoms. The molecule has 100 valence electrons. The standard InChI is InChI=1S/C17H16N2O/c1-12(11-20)17(13-5-3-2-4-6-13)15-10-19-16-7-8-18-9-14(15)16/h2-12,17,19H,1H3. The van der Waals surface area contributed by atoms with Gasteiger partial charge in [0.05, 0.1) is 0 Å². The Hall–Kier alpha value is -2.42. The first-order chi connectivity index (χ1) is 9.81. The molecule has 2 aromatic heterocycles. The largest absolute Gasteiger partial charge is 0.361 e. The number of nitrogens with one attached hydrogen (secondary N) is 1. The summed E-state index contributed by atoms with van der Waals surface area (Å²) in [6, 6.07) is 12.1. The lowest BCUT2D eigenvalue weighted by Gasteiger charge is -2.20. The van der Waals surface area contributed by atoms with Gasteiger partial charge < -0.3 is 9.78 Å². The summed E-state index contributed by atoms with van der Waals surface area (Å²) < 4.78 is 0. The lowest BCUT2D eigenvalue weighted by molar-refractivity contribution is -0.110. The second kappa shape index (κ2) is 5.29. The highest BCUT2D eigenvalue weighted by molar-refractivity contribution is 5.83. The number of hydrogen-bond acceptors (Lipinski definition) is 2. The Kier molecular flexibility index (Phi) is 3.33. The first-order valence-electron chi connectivity index (χ1n) is 6.72. The van der Waals surface area contributed by atoms with Gasteiger partial charge in [0, 0.05) is 41.3 Å². The van der Waals surface area contributed by atoms with Crippen LogP contribution in [0.15, 0.2) is 55.0 Å². The highest BCUT2D eigenvalue weighted by Gasteiger charge is 2.23. The van der Waals surface area contributed by atoms with Crippen LogP contribution in [0.2, 0.25) is 0 Å². The van der Waals surface area contributed by atoms with E-state index in [0.29, 0.717) is 0 Å². The Morgan fingerprint density at radius 3 is 2.75 bits per heavy atom. The third-order valence-electron chi connectivity index (χ3n) is 3.75. The van der Waals surface area contributed by atoms with Gasteiger partial charge in [-0.25, -0.2) is 0 Å². The Morgan fingerprint density at radius 2 is 2.00 bits per heavy atom. The molecule has 1 N–H and O–H groups in total. The molecular weight excluding hydrogens is 248 g/mol. The molecule has 3 heteroatoms. The molecule has 3 rings (SSSR count). The molecule has 2 atom stereocenters. The molecule has 0 aliphatic heterocycles. The molecule has 2 unspecified atom stereocenters. The van der Waals surface area contributed by atoms with Crippen LogP contribution in [0.5, 0.6) is 0 Å². The van der Waals surface area contributed by atoms with E-state index in [0.717, 1.165) is 28.3 Å². The fourth-order valence-electron chi connectivity index (χ4n) is 2.75. The minimum absolute atomic E-state index is 0.0478. The molecule has 0 amide bonds. The van der Waals surface area contributed by atoms with E-state index in [9.17, 15) is 4.79 Å². The van der Waals surface area contributed by atoms with Gasteiger partial charge in [-0.3, -0.25) is 4.98 Å². The van der Waals surface area contributed by atoms with Gasteiger partial charge in [-0.05, 0) is 17.2 Å². The quantitative estimate of drug-likeness (QED) is 0.733. The van der Waals surface area contributed by atoms with Crippen LogP contribution in [-0.4, -0.2) is 16.3 Å². The lowest BCUT2D eigenvalue weighted by atomic mass is 9.82. The number of aromatic nitrogens is 2. The van der Waals surface area contributed by atoms with Crippen molar-refractivity contribution in [1.29, 1.82) is 0 Å². The number of benzene rings is 1. The highest BCUT2D eigenvalue weighted by Crippen LogP contribution is 2.35. The number of hydrogen-bond donors (Lipinski definition) is 1. The molecule has 0 fully saturated rings. The van der Waals surface area contributed by atoms with Crippen molar-refractivity contribution in [2.45, 2.75) is 12.8 Å². The highest BCUT2D eigenvalue weighted by atomic mass is 16.1. The van der Waals surface area contributed by atoms with Crippen molar-refractivity contribution in [3.05, 3.63) is 66.1 Å². The van der Waals surface area contributed by atoms with Crippen molar-refractivity contribution in [2.24, 2.45) is 5.92 Å². The van der Waals surface area contributed by atoms with Crippen molar-refractivity contribution in [2.75, 3.05) is 0 Å². The molecule has 2 heterocycles. The van der Waals surface area contributed by atoms with E-state index < -0.39 is 0 Å². The summed E-state index contributed by atoms with van der Waals surface area (Å²) in [5.74, 6) is -0.0387. The Labute approximate surface area is 117 Å². The minimum atomic E-state index is -0.0865. The van der Waals surface area contributed by atoms with Gasteiger partial charge in [-0.2, -0.15) is 0 Å². The average molecular weight is 264 g/mol. The predicted octanol–water partition coefficient (Wildman–Crippen LogP) is 3.53. The average Bonchev–Trinajstić information content (AvgIpc) is 2.92. The third kappa shape index (κ3) is 2.11. The number of aldehydes is 1. The number of carbonyl (C=O) groups is 1. The topological polar surface area (TPSA) is 45.8 Å². The fourth-order valence-corrected chi connectivity index (χ4v) is 2.75. The number of aromatic amines is 1. The van der Waals surface area contributed by atoms with Crippen LogP contribution in [0.4, 0.5) is 0 Å². The summed E-state index contributed by atoms with van der Waals surface area (Å²) in [7, 11) is 0. The maximum absolute atomic E-state index is 11.3. The zero-order valence-electron chi connectivity index (χ0n) is 11.3. The van der Waals surface area contributed by atoms with Crippen LogP contribution in [0.25, 0.3) is 10.9 Å². The van der Waals surface area contributed by atoms with Crippen LogP contribution in [0.1, 0.15) is 24.0 Å². The maximum Gasteiger partial charge on any atom is 0.123 e. The van der Waals surface area contributed by atoms with E-state index >= 15 is 0 Å². The van der Waals surface area contributed by atoms with Crippen molar-refractivity contribution >= 4 is 17.2 Å². The molecule has 3 nitrogen and oxygen atoms in total. The molecule has 0 saturated carbocycles. The van der Waals surface area contributed by atoms with Gasteiger partial charge >= 0.3 is 0 Å². The zero-order valence-corrected chi connectivity index (χ0v) is 11.3. The third-order valence-corrected chi connectivity index (χ3v) is 3.75. The normalized spacial score (nSPS) is 14.1. The first-order valence-corrected chi connectivity index (χ1v) is 6.72. The second-order valence-corrected chi connectivity index (χ2v) is 5.05. The minimum Gasteiger partial charge on any atom is -0.361 e. The van der Waals surface area contributed by atoms with E-state index in [-0.39, 0.29) is 11.8 Å². The summed E-state index contributed by atoms with van der Waals surface area (Å²) in [6.45, 7) is 1.96. The van der Waals surface area contributed by atoms with Gasteiger partial charge in [0.1, 0.15) is 6.29 Å². The SMILES string of the molecule is CC(C=O)C(c1ccccc1)c1c[nH]c2ccncc12. The van der Waals surface area contributed by atoms with E-state index in [4.69, 9.17) is 0 Å². The number of pyridine rings is 1. The summed E-state index contributed by atoms with van der Waals surface area (Å²) in [6.07, 6.45) is 6.63. The molecule has 1 aromatic carbocycles. The molecule has 0 aliphatic carbocycles. The number of fused-ring (bicyclic) bond motifs is 1. The number of rotatable bonds is 4. The molecular formula is C17H16N2O. The van der Waals surface area contributed by atoms with Gasteiger partial charge in [0.15, 0.2) is 0 Å². The van der Waals surface area contributed by atoms with Crippen LogP contribution in [0.3, 0.4) is 0 Å². The molecule has 3 aromatic rings. The summed E-state index contributed by atoms with van der Waals surface area (Å²) >= 11 is 0. The number of nitrogens with zero attached hydrogens (tertiary/aromatic N) is 1. The Balaban J connectivity index is 2.17. The van der Waals surface area contributed by atoms with Gasteiger partial charge in [0.2, 0.25) is 0 Å². The Morgan fingerprint density at radius 1 is 1.20 bits per heavy atom. The molecule has 0 aliphatic rings. The van der Waals surface area contributed by atoms with Gasteiger partial charge in [0.25, 0.3) is 0 Å². The monoisotopic (exact) mass is 264 g/mol. The zero-order chi connectivity index (χ0) is 13.9. The number of carbonyl (C=O) groups excluding carboxylic acids is 1. The smallest absolute Gasteiger partial charge is 0.123 e. The van der Waals surface area contributed by atoms with Gasteiger partial charge in [-0.15, -0.1) is 0 Å². The number of H-pyrrole nitrogens is 1. The maximum atomic E-state index is 11.3. The van der Waals surface area contributed by atoms with E-state index in [2.05, 4.69) is 22.1 Å². The van der Waals surface area contributed by atoms with Gasteiger partial charge in [-0.1, -0.05) is 37.3 Å². The van der Waals surface area contributed by atoms with Crippen LogP contribution < -0.4 is 0 Å². The summed E-state index contributed by atoms with van der Waals surface area (Å²) in [5.41, 5.74) is 3.32. The Bertz CT molecular complexity index is 718. The van der Waals surface area contributed by atoms with E-state index in [1.54, 1.807) is 6.20 Å². The van der Waals surface area contributed by atoms with Crippen LogP contribution in [-0.2, 0) is 4.79 Å². The van der Waals surface area contributed by atoms with E-state index in [1.807, 2.05) is 43.6 Å². The predicted molar refractivity (Wildman–Crippen MR) is 79.6 cm³/mol. The second-order valence-electron chi connectivity index (χ2n) is 5.05. The van der Waals surface area contributed by atoms with E-state index in [1.165, 1.54) is 0 Å². The summed E-state index contributed by atoms with van der Waals surface area (Å²) in [5, 5.41) is 1.08. The van der Waals surface area contributed by atoms with Crippen molar-refractivity contribution in [1.82, 2.24) is 9.97 Å². The fraction of sp³-hybridized carbons (Fsp3) is 0.176. The van der Waals surface area contributed by atoms with Crippen molar-refractivity contribution in [3.63, 3.8) is 0 Å². The molecule has 0 saturated heterocycles. The first kappa shape index (κ1) is 12.6. The lowest BCUT2D eigenvalue weighted by Crippen LogP contribution is -2.12. The molecule has 0 bridgehead atoms. The molecule has 0 spiro atoms. The van der Waals surface area contributed by atoms with Crippen LogP contribution in [0, 0.1) is 5.92 Å². The van der Waals surface area contributed by atoms with Crippen LogP contribution >= 0.6 is 0 Å². The van der Waals surface area contributed by atoms with Crippen molar-refractivity contribution < 1.29 is 4.79 Å². The summed E-state index contributed by atoms with van der Waals surface area (Å²) in [4.78, 5) is 18.8. The molecule has 0 radical (unpaired) electrons. The van der Waals surface area contributed by atoms with Crippen molar-refractivity contribution in [3.8, 4) is 0 Å².